The van der Waals surface area contributed by atoms with Gasteiger partial charge in [-0.15, -0.1) is 0 Å². The Bertz CT molecular complexity index is 2010. The fourth-order valence-electron chi connectivity index (χ4n) is 7.03. The number of aromatic hydroxyl groups is 1. The molecule has 10 nitrogen and oxygen atoms in total. The molecule has 2 saturated heterocycles. The Kier molecular flexibility index (Phi) is 7.19. The number of nitrogens with one attached hydrogen (secondary N) is 1. The topological polar surface area (TPSA) is 119 Å². The lowest BCUT2D eigenvalue weighted by Crippen LogP contribution is -2.43. The van der Waals surface area contributed by atoms with Gasteiger partial charge in [0.25, 0.3) is 0 Å². The van der Waals surface area contributed by atoms with Crippen molar-refractivity contribution in [3.05, 3.63) is 69.6 Å². The molecule has 2 atom stereocenters. The van der Waals surface area contributed by atoms with Crippen LogP contribution in [0.3, 0.4) is 0 Å². The predicted molar refractivity (Wildman–Crippen MR) is 166 cm³/mol. The van der Waals surface area contributed by atoms with E-state index >= 15 is 4.39 Å². The van der Waals surface area contributed by atoms with Gasteiger partial charge in [-0.25, -0.2) is 13.6 Å². The van der Waals surface area contributed by atoms with Crippen molar-refractivity contribution < 1.29 is 23.0 Å². The molecule has 5 aromatic rings. The van der Waals surface area contributed by atoms with Crippen LogP contribution in [-0.2, 0) is 13.1 Å². The number of anilines is 1. The molecule has 0 saturated carbocycles. The fraction of sp³-hybridized carbons (Fsp3) is 0.394. The van der Waals surface area contributed by atoms with E-state index < -0.39 is 23.2 Å². The van der Waals surface area contributed by atoms with E-state index in [1.54, 1.807) is 25.3 Å². The molecule has 0 radical (unpaired) electrons. The van der Waals surface area contributed by atoms with Crippen molar-refractivity contribution in [2.24, 2.45) is 0 Å². The van der Waals surface area contributed by atoms with Crippen molar-refractivity contribution in [1.82, 2.24) is 24.6 Å². The molecular formula is C33H34F2N6O4. The molecule has 2 aliphatic heterocycles. The quantitative estimate of drug-likeness (QED) is 0.228. The number of fused-ring (bicyclic) bond motifs is 3. The van der Waals surface area contributed by atoms with Gasteiger partial charge in [-0.3, -0.25) is 9.58 Å². The molecule has 7 rings (SSSR count). The van der Waals surface area contributed by atoms with Crippen LogP contribution in [0, 0.1) is 19.7 Å². The van der Waals surface area contributed by atoms with Crippen LogP contribution in [0.25, 0.3) is 33.0 Å². The van der Waals surface area contributed by atoms with E-state index in [4.69, 9.17) is 9.15 Å². The fourth-order valence-corrected chi connectivity index (χ4v) is 7.03. The average molecular weight is 617 g/mol. The summed E-state index contributed by atoms with van der Waals surface area (Å²) in [5.74, 6) is -0.342. The predicted octanol–water partition coefficient (Wildman–Crippen LogP) is 5.65. The number of aromatic nitrogens is 4. The smallest absolute Gasteiger partial charge is 0.349 e. The summed E-state index contributed by atoms with van der Waals surface area (Å²) in [5, 5.41) is 18.9. The molecule has 5 heterocycles. The molecule has 2 aliphatic rings. The van der Waals surface area contributed by atoms with Gasteiger partial charge in [0.05, 0.1) is 17.3 Å². The molecule has 234 valence electrons. The van der Waals surface area contributed by atoms with Crippen LogP contribution in [-0.4, -0.2) is 61.2 Å². The van der Waals surface area contributed by atoms with Crippen molar-refractivity contribution in [1.29, 1.82) is 0 Å². The van der Waals surface area contributed by atoms with Gasteiger partial charge in [-0.05, 0) is 63.7 Å². The third kappa shape index (κ3) is 4.97. The van der Waals surface area contributed by atoms with E-state index in [1.165, 1.54) is 18.2 Å². The van der Waals surface area contributed by atoms with Crippen LogP contribution in [0.1, 0.15) is 43.0 Å². The van der Waals surface area contributed by atoms with Crippen molar-refractivity contribution in [3.63, 3.8) is 0 Å². The lowest BCUT2D eigenvalue weighted by Gasteiger charge is -2.30. The highest BCUT2D eigenvalue weighted by Crippen LogP contribution is 2.41. The van der Waals surface area contributed by atoms with Gasteiger partial charge in [0.1, 0.15) is 41.3 Å². The third-order valence-corrected chi connectivity index (χ3v) is 9.32. The molecule has 0 bridgehead atoms. The van der Waals surface area contributed by atoms with Gasteiger partial charge in [-0.1, -0.05) is 12.1 Å². The van der Waals surface area contributed by atoms with E-state index in [1.807, 2.05) is 18.5 Å². The number of phenols is 1. The van der Waals surface area contributed by atoms with Gasteiger partial charge in [0.2, 0.25) is 0 Å². The molecule has 45 heavy (non-hydrogen) atoms. The average Bonchev–Trinajstić information content (AvgIpc) is 3.67. The minimum absolute atomic E-state index is 0.0288. The zero-order valence-corrected chi connectivity index (χ0v) is 25.4. The summed E-state index contributed by atoms with van der Waals surface area (Å²) >= 11 is 0. The van der Waals surface area contributed by atoms with Crippen molar-refractivity contribution in [2.45, 2.75) is 64.8 Å². The highest BCUT2D eigenvalue weighted by molar-refractivity contribution is 6.00. The number of aryl methyl sites for hydroxylation is 2. The van der Waals surface area contributed by atoms with E-state index in [-0.39, 0.29) is 51.8 Å². The normalized spacial score (nSPS) is 19.9. The summed E-state index contributed by atoms with van der Waals surface area (Å²) in [6, 6.07) is 7.38. The highest BCUT2D eigenvalue weighted by atomic mass is 19.1. The van der Waals surface area contributed by atoms with E-state index in [9.17, 15) is 14.3 Å². The molecule has 3 aromatic heterocycles. The second kappa shape index (κ2) is 11.1. The Labute approximate surface area is 257 Å². The summed E-state index contributed by atoms with van der Waals surface area (Å²) in [6.07, 6.45) is 3.01. The number of alkyl halides is 1. The molecular weight excluding hydrogens is 582 g/mol. The standard InChI is InChI=1S/C33H34F2N6O4/c1-4-41-19(3)21(15-37-41)14-36-30-27-28(38-32(39-30)44-17-33-9-6-10-40(33)16-22(34)13-33)18(2)29(45-31(27)43)24-12-23(42)11-20-7-5-8-25(35)26(20)24/h5,7-8,11-12,15,22,42H,4,6,9-10,13-14,16-17H2,1-3H3,(H,36,38,39)/t22-,33+/m1/s1. The first-order chi connectivity index (χ1) is 21.7. The molecule has 12 heteroatoms. The minimum Gasteiger partial charge on any atom is -0.508 e. The molecule has 0 amide bonds. The molecule has 2 aromatic carbocycles. The summed E-state index contributed by atoms with van der Waals surface area (Å²) in [6.45, 7) is 8.14. The van der Waals surface area contributed by atoms with Gasteiger partial charge >= 0.3 is 11.6 Å². The van der Waals surface area contributed by atoms with Crippen molar-refractivity contribution in [2.75, 3.05) is 25.0 Å². The zero-order valence-electron chi connectivity index (χ0n) is 25.4. The number of ether oxygens (including phenoxy) is 1. The Morgan fingerprint density at radius 3 is 2.87 bits per heavy atom. The summed E-state index contributed by atoms with van der Waals surface area (Å²) in [5.41, 5.74) is 1.67. The summed E-state index contributed by atoms with van der Waals surface area (Å²) in [7, 11) is 0. The van der Waals surface area contributed by atoms with Gasteiger partial charge < -0.3 is 19.6 Å². The number of hydrogen-bond acceptors (Lipinski definition) is 9. The van der Waals surface area contributed by atoms with Crippen LogP contribution in [0.15, 0.2) is 45.7 Å². The number of halogens is 2. The van der Waals surface area contributed by atoms with Crippen molar-refractivity contribution >= 4 is 27.5 Å². The van der Waals surface area contributed by atoms with E-state index in [2.05, 4.69) is 25.3 Å². The zero-order chi connectivity index (χ0) is 31.5. The Hall–Kier alpha value is -4.58. The number of phenolic OH excluding ortho intramolecular Hbond substituents is 1. The van der Waals surface area contributed by atoms with Crippen LogP contribution in [0.5, 0.6) is 11.8 Å². The largest absolute Gasteiger partial charge is 0.508 e. The van der Waals surface area contributed by atoms with Crippen LogP contribution >= 0.6 is 0 Å². The first-order valence-electron chi connectivity index (χ1n) is 15.2. The second-order valence-electron chi connectivity index (χ2n) is 12.0. The SMILES string of the molecule is CCn1ncc(CNc2nc(OC[C@@]34CCCN3C[C@H](F)C4)nc3c(C)c(-c4cc(O)cc5cccc(F)c45)oc(=O)c23)c1C. The van der Waals surface area contributed by atoms with Gasteiger partial charge in [-0.2, -0.15) is 15.1 Å². The number of rotatable bonds is 8. The summed E-state index contributed by atoms with van der Waals surface area (Å²) in [4.78, 5) is 25.1. The van der Waals surface area contributed by atoms with Crippen molar-refractivity contribution in [3.8, 4) is 23.1 Å². The number of benzene rings is 2. The Morgan fingerprint density at radius 1 is 1.22 bits per heavy atom. The number of nitrogens with zero attached hydrogens (tertiary/aromatic N) is 5. The lowest BCUT2D eigenvalue weighted by atomic mass is 9.95. The Balaban J connectivity index is 1.36. The maximum Gasteiger partial charge on any atom is 0.349 e. The third-order valence-electron chi connectivity index (χ3n) is 9.32. The van der Waals surface area contributed by atoms with Crippen LogP contribution < -0.4 is 15.7 Å². The monoisotopic (exact) mass is 616 g/mol. The van der Waals surface area contributed by atoms with Crippen LogP contribution in [0.2, 0.25) is 0 Å². The highest BCUT2D eigenvalue weighted by Gasteiger charge is 2.49. The summed E-state index contributed by atoms with van der Waals surface area (Å²) < 4.78 is 43.5. The first kappa shape index (κ1) is 29.1. The number of hydrogen-bond donors (Lipinski definition) is 2. The minimum atomic E-state index is -0.914. The molecule has 0 aliphatic carbocycles. The van der Waals surface area contributed by atoms with E-state index in [0.717, 1.165) is 30.6 Å². The second-order valence-corrected chi connectivity index (χ2v) is 12.0. The maximum atomic E-state index is 15.1. The first-order valence-corrected chi connectivity index (χ1v) is 15.2. The molecule has 0 unspecified atom stereocenters. The van der Waals surface area contributed by atoms with Crippen LogP contribution in [0.4, 0.5) is 14.6 Å². The van der Waals surface area contributed by atoms with Gasteiger partial charge in [0, 0.05) is 53.8 Å². The van der Waals surface area contributed by atoms with E-state index in [0.29, 0.717) is 37.0 Å². The van der Waals surface area contributed by atoms with Gasteiger partial charge in [0.15, 0.2) is 0 Å². The molecule has 2 N–H and O–H groups in total. The Morgan fingerprint density at radius 2 is 2.07 bits per heavy atom. The molecule has 0 spiro atoms. The molecule has 2 fully saturated rings. The lowest BCUT2D eigenvalue weighted by molar-refractivity contribution is 0.107. The maximum absolute atomic E-state index is 15.1.